The predicted molar refractivity (Wildman–Crippen MR) is 102 cm³/mol. The molecule has 3 aromatic rings. The van der Waals surface area contributed by atoms with Crippen LogP contribution < -0.4 is 0 Å². The van der Waals surface area contributed by atoms with E-state index in [1.807, 2.05) is 44.2 Å². The summed E-state index contributed by atoms with van der Waals surface area (Å²) in [6.07, 6.45) is 0. The lowest BCUT2D eigenvalue weighted by Crippen LogP contribution is -2.07. The number of carbonyl (C=O) groups is 1. The molecule has 0 N–H and O–H groups in total. The van der Waals surface area contributed by atoms with Crippen LogP contribution in [0, 0.1) is 20.4 Å². The van der Waals surface area contributed by atoms with E-state index in [2.05, 4.69) is 21.5 Å². The van der Waals surface area contributed by atoms with Gasteiger partial charge in [0.05, 0.1) is 19.2 Å². The van der Waals surface area contributed by atoms with Crippen LogP contribution in [0.3, 0.4) is 0 Å². The number of carbonyl (C=O) groups excluding carboxylic acids is 1. The molecular formula is C22H20N2O2. The highest BCUT2D eigenvalue weighted by Gasteiger charge is 2.24. The zero-order valence-corrected chi connectivity index (χ0v) is 15.1. The zero-order chi connectivity index (χ0) is 18.7. The molecule has 2 aromatic carbocycles. The Balaban J connectivity index is 2.17. The van der Waals surface area contributed by atoms with Gasteiger partial charge in [0, 0.05) is 23.5 Å². The number of nitrogens with zero attached hydrogens (tertiary/aromatic N) is 2. The van der Waals surface area contributed by atoms with Gasteiger partial charge in [-0.3, -0.25) is 0 Å². The van der Waals surface area contributed by atoms with Crippen LogP contribution in [-0.4, -0.2) is 17.6 Å². The summed E-state index contributed by atoms with van der Waals surface area (Å²) in [7, 11) is 1.40. The maximum Gasteiger partial charge on any atom is 0.340 e. The molecule has 0 aliphatic heterocycles. The van der Waals surface area contributed by atoms with Crippen molar-refractivity contribution in [2.75, 3.05) is 7.11 Å². The molecule has 0 amide bonds. The van der Waals surface area contributed by atoms with E-state index in [1.165, 1.54) is 12.7 Å². The Morgan fingerprint density at radius 3 is 2.27 bits per heavy atom. The van der Waals surface area contributed by atoms with Crippen molar-refractivity contribution in [3.05, 3.63) is 88.5 Å². The number of methoxy groups -OCH3 is 1. The maximum atomic E-state index is 12.5. The largest absolute Gasteiger partial charge is 0.465 e. The first-order valence-electron chi connectivity index (χ1n) is 8.36. The summed E-state index contributed by atoms with van der Waals surface area (Å²) < 4.78 is 7.18. The molecule has 26 heavy (non-hydrogen) atoms. The Morgan fingerprint density at radius 1 is 1.04 bits per heavy atom. The first-order chi connectivity index (χ1) is 12.6. The fourth-order valence-electron chi connectivity index (χ4n) is 3.29. The fourth-order valence-corrected chi connectivity index (χ4v) is 3.29. The first-order valence-corrected chi connectivity index (χ1v) is 8.36. The average molecular weight is 344 g/mol. The minimum absolute atomic E-state index is 0.346. The molecule has 3 rings (SSSR count). The second-order valence-corrected chi connectivity index (χ2v) is 6.14. The average Bonchev–Trinajstić information content (AvgIpc) is 2.93. The molecule has 0 radical (unpaired) electrons. The van der Waals surface area contributed by atoms with Crippen molar-refractivity contribution >= 4 is 11.7 Å². The fraction of sp³-hybridized carbons (Fsp3) is 0.182. The molecule has 0 aliphatic carbocycles. The van der Waals surface area contributed by atoms with E-state index in [0.29, 0.717) is 17.8 Å². The Hall–Kier alpha value is -3.32. The smallest absolute Gasteiger partial charge is 0.340 e. The molecule has 130 valence electrons. The topological polar surface area (TPSA) is 35.6 Å². The van der Waals surface area contributed by atoms with Gasteiger partial charge in [0.2, 0.25) is 0 Å². The van der Waals surface area contributed by atoms with Crippen molar-refractivity contribution in [1.82, 2.24) is 4.57 Å². The van der Waals surface area contributed by atoms with Crippen LogP contribution in [0.1, 0.15) is 27.3 Å². The van der Waals surface area contributed by atoms with Gasteiger partial charge >= 0.3 is 5.97 Å². The van der Waals surface area contributed by atoms with Crippen LogP contribution in [0.2, 0.25) is 0 Å². The van der Waals surface area contributed by atoms with E-state index in [-0.39, 0.29) is 5.97 Å². The second kappa shape index (κ2) is 7.28. The molecule has 0 spiro atoms. The highest BCUT2D eigenvalue weighted by atomic mass is 16.5. The molecule has 0 atom stereocenters. The third-order valence-electron chi connectivity index (χ3n) is 4.64. The molecule has 4 heteroatoms. The second-order valence-electron chi connectivity index (χ2n) is 6.14. The van der Waals surface area contributed by atoms with Gasteiger partial charge in [-0.2, -0.15) is 0 Å². The summed E-state index contributed by atoms with van der Waals surface area (Å²) in [6, 6.07) is 17.5. The minimum atomic E-state index is -0.346. The number of esters is 1. The Morgan fingerprint density at radius 2 is 1.69 bits per heavy atom. The van der Waals surface area contributed by atoms with Gasteiger partial charge in [0.1, 0.15) is 0 Å². The Kier molecular flexibility index (Phi) is 4.90. The number of rotatable bonds is 4. The SMILES string of the molecule is [C-]#[N+]c1ccc(-c2c(C(=O)OC)c(C)n(Cc3ccccc3)c2C)cc1. The van der Waals surface area contributed by atoms with E-state index in [1.54, 1.807) is 12.1 Å². The van der Waals surface area contributed by atoms with Gasteiger partial charge in [-0.05, 0) is 25.0 Å². The Bertz CT molecular complexity index is 978. The molecule has 0 fully saturated rings. The van der Waals surface area contributed by atoms with Crippen molar-refractivity contribution in [2.24, 2.45) is 0 Å². The van der Waals surface area contributed by atoms with Gasteiger partial charge in [0.25, 0.3) is 0 Å². The molecule has 0 saturated carbocycles. The lowest BCUT2D eigenvalue weighted by Gasteiger charge is -2.10. The lowest BCUT2D eigenvalue weighted by molar-refractivity contribution is 0.0600. The van der Waals surface area contributed by atoms with Crippen LogP contribution in [0.25, 0.3) is 16.0 Å². The van der Waals surface area contributed by atoms with Crippen molar-refractivity contribution in [3.63, 3.8) is 0 Å². The van der Waals surface area contributed by atoms with E-state index >= 15 is 0 Å². The number of ether oxygens (including phenoxy) is 1. The Labute approximate surface area is 153 Å². The molecule has 0 aliphatic rings. The normalized spacial score (nSPS) is 10.4. The summed E-state index contributed by atoms with van der Waals surface area (Å²) >= 11 is 0. The summed E-state index contributed by atoms with van der Waals surface area (Å²) in [5.41, 5.74) is 5.97. The van der Waals surface area contributed by atoms with E-state index < -0.39 is 0 Å². The number of hydrogen-bond acceptors (Lipinski definition) is 2. The molecule has 0 saturated heterocycles. The number of aromatic nitrogens is 1. The zero-order valence-electron chi connectivity index (χ0n) is 15.1. The van der Waals surface area contributed by atoms with Crippen LogP contribution in [0.4, 0.5) is 5.69 Å². The van der Waals surface area contributed by atoms with E-state index in [0.717, 1.165) is 22.5 Å². The predicted octanol–water partition coefficient (Wildman–Crippen LogP) is 5.16. The molecule has 1 heterocycles. The van der Waals surface area contributed by atoms with E-state index in [9.17, 15) is 4.79 Å². The number of hydrogen-bond donors (Lipinski definition) is 0. The first kappa shape index (κ1) is 17.5. The molecular weight excluding hydrogens is 324 g/mol. The van der Waals surface area contributed by atoms with Crippen LogP contribution >= 0.6 is 0 Å². The van der Waals surface area contributed by atoms with Crippen LogP contribution in [0.5, 0.6) is 0 Å². The third-order valence-corrected chi connectivity index (χ3v) is 4.64. The monoisotopic (exact) mass is 344 g/mol. The third kappa shape index (κ3) is 3.12. The van der Waals surface area contributed by atoms with Gasteiger partial charge in [0.15, 0.2) is 5.69 Å². The highest BCUT2D eigenvalue weighted by Crippen LogP contribution is 2.34. The van der Waals surface area contributed by atoms with Crippen molar-refractivity contribution in [1.29, 1.82) is 0 Å². The minimum Gasteiger partial charge on any atom is -0.465 e. The van der Waals surface area contributed by atoms with Crippen molar-refractivity contribution < 1.29 is 9.53 Å². The molecule has 4 nitrogen and oxygen atoms in total. The lowest BCUT2D eigenvalue weighted by atomic mass is 10.0. The van der Waals surface area contributed by atoms with Gasteiger partial charge in [-0.15, -0.1) is 0 Å². The van der Waals surface area contributed by atoms with Gasteiger partial charge in [-0.25, -0.2) is 9.64 Å². The number of benzene rings is 2. The van der Waals surface area contributed by atoms with Gasteiger partial charge in [-0.1, -0.05) is 54.6 Å². The quantitative estimate of drug-likeness (QED) is 0.484. The molecule has 1 aromatic heterocycles. The van der Waals surface area contributed by atoms with Crippen LogP contribution in [0.15, 0.2) is 54.6 Å². The van der Waals surface area contributed by atoms with Crippen molar-refractivity contribution in [2.45, 2.75) is 20.4 Å². The van der Waals surface area contributed by atoms with E-state index in [4.69, 9.17) is 11.3 Å². The summed E-state index contributed by atoms with van der Waals surface area (Å²) in [4.78, 5) is 15.9. The van der Waals surface area contributed by atoms with Crippen LogP contribution in [-0.2, 0) is 11.3 Å². The summed E-state index contributed by atoms with van der Waals surface area (Å²) in [5, 5.41) is 0. The molecule has 0 unspecified atom stereocenters. The summed E-state index contributed by atoms with van der Waals surface area (Å²) in [5.74, 6) is -0.346. The highest BCUT2D eigenvalue weighted by molar-refractivity contribution is 5.99. The standard InChI is InChI=1S/C22H20N2O2/c1-15-20(18-10-12-19(23-3)13-11-18)21(22(25)26-4)16(2)24(15)14-17-8-6-5-7-9-17/h5-13H,14H2,1-2,4H3. The van der Waals surface area contributed by atoms with Gasteiger partial charge < -0.3 is 9.30 Å². The maximum absolute atomic E-state index is 12.5. The summed E-state index contributed by atoms with van der Waals surface area (Å²) in [6.45, 7) is 11.8. The van der Waals surface area contributed by atoms with Crippen molar-refractivity contribution in [3.8, 4) is 11.1 Å². The molecule has 0 bridgehead atoms.